The number of alkyl halides is 6. The molecule has 2 aromatic rings. The maximum atomic E-state index is 13.1. The second-order valence-corrected chi connectivity index (χ2v) is 8.29. The van der Waals surface area contributed by atoms with Gasteiger partial charge in [-0.2, -0.15) is 26.3 Å². The molecule has 1 aliphatic carbocycles. The van der Waals surface area contributed by atoms with Gasteiger partial charge in [-0.15, -0.1) is 0 Å². The Morgan fingerprint density at radius 1 is 0.933 bits per heavy atom. The third kappa shape index (κ3) is 4.81. The standard InChI is InChI=1S/C22H22F6O2/c1-14(15-8-17(21(23,24)25)10-18(9-15)22(26,27)28)30-13-20(11-19(2,29)12-20)16-6-4-3-5-7-16/h3-10,14,29H,11-13H2,1-2H3/t14-,19?,20?/m1/s1. The summed E-state index contributed by atoms with van der Waals surface area (Å²) in [5.41, 5.74) is -3.48. The van der Waals surface area contributed by atoms with E-state index >= 15 is 0 Å². The highest BCUT2D eigenvalue weighted by Crippen LogP contribution is 2.51. The van der Waals surface area contributed by atoms with Gasteiger partial charge in [0.1, 0.15) is 0 Å². The van der Waals surface area contributed by atoms with Crippen molar-refractivity contribution in [3.05, 3.63) is 70.8 Å². The van der Waals surface area contributed by atoms with E-state index in [9.17, 15) is 31.4 Å². The zero-order valence-corrected chi connectivity index (χ0v) is 16.4. The van der Waals surface area contributed by atoms with E-state index in [0.29, 0.717) is 25.0 Å². The maximum Gasteiger partial charge on any atom is 0.416 e. The van der Waals surface area contributed by atoms with Gasteiger partial charge in [0.15, 0.2) is 0 Å². The number of ether oxygens (including phenoxy) is 1. The minimum absolute atomic E-state index is 0.0614. The molecular formula is C22H22F6O2. The van der Waals surface area contributed by atoms with Gasteiger partial charge >= 0.3 is 12.4 Å². The Bertz CT molecular complexity index is 846. The number of hydrogen-bond acceptors (Lipinski definition) is 2. The van der Waals surface area contributed by atoms with Crippen LogP contribution in [-0.4, -0.2) is 17.3 Å². The average molecular weight is 432 g/mol. The second kappa shape index (κ2) is 7.57. The van der Waals surface area contributed by atoms with Crippen molar-refractivity contribution in [1.82, 2.24) is 0 Å². The van der Waals surface area contributed by atoms with Gasteiger partial charge in [0.2, 0.25) is 0 Å². The predicted octanol–water partition coefficient (Wildman–Crippen LogP) is 6.28. The summed E-state index contributed by atoms with van der Waals surface area (Å²) in [5, 5.41) is 10.2. The number of aliphatic hydroxyl groups is 1. The van der Waals surface area contributed by atoms with Crippen LogP contribution in [0.4, 0.5) is 26.3 Å². The van der Waals surface area contributed by atoms with E-state index in [1.165, 1.54) is 6.92 Å². The molecular weight excluding hydrogens is 410 g/mol. The smallest absolute Gasteiger partial charge is 0.390 e. The van der Waals surface area contributed by atoms with Crippen molar-refractivity contribution in [2.75, 3.05) is 6.61 Å². The molecule has 0 unspecified atom stereocenters. The fourth-order valence-electron chi connectivity index (χ4n) is 4.18. The molecule has 8 heteroatoms. The molecule has 0 heterocycles. The van der Waals surface area contributed by atoms with Crippen LogP contribution in [-0.2, 0) is 22.5 Å². The Hall–Kier alpha value is -2.06. The maximum absolute atomic E-state index is 13.1. The van der Waals surface area contributed by atoms with E-state index < -0.39 is 40.6 Å². The van der Waals surface area contributed by atoms with Gasteiger partial charge in [-0.05, 0) is 56.0 Å². The van der Waals surface area contributed by atoms with Crippen LogP contribution in [0.1, 0.15) is 55.0 Å². The SMILES string of the molecule is C[C@@H](OCC1(c2ccccc2)CC(C)(O)C1)c1cc(C(F)(F)F)cc(C(F)(F)F)c1. The largest absolute Gasteiger partial charge is 0.416 e. The highest BCUT2D eigenvalue weighted by molar-refractivity contribution is 5.35. The lowest BCUT2D eigenvalue weighted by Crippen LogP contribution is -2.55. The Morgan fingerprint density at radius 2 is 1.43 bits per heavy atom. The van der Waals surface area contributed by atoms with E-state index in [2.05, 4.69) is 0 Å². The van der Waals surface area contributed by atoms with Crippen molar-refractivity contribution in [2.24, 2.45) is 0 Å². The Kier molecular flexibility index (Phi) is 5.71. The number of benzene rings is 2. The van der Waals surface area contributed by atoms with Crippen LogP contribution in [0, 0.1) is 0 Å². The predicted molar refractivity (Wildman–Crippen MR) is 98.8 cm³/mol. The molecule has 2 aromatic carbocycles. The van der Waals surface area contributed by atoms with Crippen molar-refractivity contribution in [3.8, 4) is 0 Å². The third-order valence-corrected chi connectivity index (χ3v) is 5.51. The molecule has 0 aromatic heterocycles. The van der Waals surface area contributed by atoms with Gasteiger partial charge in [-0.1, -0.05) is 30.3 Å². The molecule has 0 aliphatic heterocycles. The molecule has 1 fully saturated rings. The summed E-state index contributed by atoms with van der Waals surface area (Å²) in [6.07, 6.45) is -10.1. The molecule has 2 nitrogen and oxygen atoms in total. The Morgan fingerprint density at radius 3 is 1.87 bits per heavy atom. The summed E-state index contributed by atoms with van der Waals surface area (Å²) < 4.78 is 84.4. The molecule has 30 heavy (non-hydrogen) atoms. The molecule has 1 N–H and O–H groups in total. The molecule has 1 saturated carbocycles. The summed E-state index contributed by atoms with van der Waals surface area (Å²) in [6.45, 7) is 3.16. The summed E-state index contributed by atoms with van der Waals surface area (Å²) in [7, 11) is 0. The molecule has 0 bridgehead atoms. The molecule has 1 atom stereocenters. The van der Waals surface area contributed by atoms with Gasteiger partial charge in [0, 0.05) is 5.41 Å². The highest BCUT2D eigenvalue weighted by Gasteiger charge is 2.52. The second-order valence-electron chi connectivity index (χ2n) is 8.29. The first-order chi connectivity index (χ1) is 13.7. The number of rotatable bonds is 5. The van der Waals surface area contributed by atoms with E-state index in [1.54, 1.807) is 6.92 Å². The first-order valence-electron chi connectivity index (χ1n) is 9.41. The first kappa shape index (κ1) is 22.6. The van der Waals surface area contributed by atoms with E-state index in [-0.39, 0.29) is 18.2 Å². The molecule has 0 saturated heterocycles. The summed E-state index contributed by atoms with van der Waals surface area (Å²) in [6, 6.07) is 10.7. The van der Waals surface area contributed by atoms with Crippen molar-refractivity contribution >= 4 is 0 Å². The van der Waals surface area contributed by atoms with Crippen LogP contribution in [0.5, 0.6) is 0 Å². The van der Waals surface area contributed by atoms with Crippen LogP contribution in [0.15, 0.2) is 48.5 Å². The van der Waals surface area contributed by atoms with Gasteiger partial charge in [0.25, 0.3) is 0 Å². The topological polar surface area (TPSA) is 29.5 Å². The minimum atomic E-state index is -4.91. The normalized spacial score (nSPS) is 25.6. The van der Waals surface area contributed by atoms with Crippen LogP contribution < -0.4 is 0 Å². The fourth-order valence-corrected chi connectivity index (χ4v) is 4.18. The fraction of sp³-hybridized carbons (Fsp3) is 0.455. The van der Waals surface area contributed by atoms with Crippen LogP contribution >= 0.6 is 0 Å². The lowest BCUT2D eigenvalue weighted by atomic mass is 9.57. The molecule has 0 spiro atoms. The molecule has 164 valence electrons. The van der Waals surface area contributed by atoms with Gasteiger partial charge < -0.3 is 9.84 Å². The molecule has 0 amide bonds. The lowest BCUT2D eigenvalue weighted by Gasteiger charge is -2.52. The summed E-state index contributed by atoms with van der Waals surface area (Å²) >= 11 is 0. The third-order valence-electron chi connectivity index (χ3n) is 5.51. The monoisotopic (exact) mass is 432 g/mol. The lowest BCUT2D eigenvalue weighted by molar-refractivity contribution is -0.143. The zero-order chi connectivity index (χ0) is 22.4. The number of halogens is 6. The van der Waals surface area contributed by atoms with Crippen molar-refractivity contribution in [2.45, 2.75) is 56.2 Å². The van der Waals surface area contributed by atoms with Gasteiger partial charge in [0.05, 0.1) is 29.4 Å². The molecule has 0 radical (unpaired) electrons. The molecule has 3 rings (SSSR count). The van der Waals surface area contributed by atoms with Crippen molar-refractivity contribution in [1.29, 1.82) is 0 Å². The van der Waals surface area contributed by atoms with E-state index in [4.69, 9.17) is 4.74 Å². The van der Waals surface area contributed by atoms with Crippen LogP contribution in [0.2, 0.25) is 0 Å². The summed E-state index contributed by atoms with van der Waals surface area (Å²) in [4.78, 5) is 0. The van der Waals surface area contributed by atoms with Crippen molar-refractivity contribution < 1.29 is 36.2 Å². The quantitative estimate of drug-likeness (QED) is 0.563. The first-order valence-corrected chi connectivity index (χ1v) is 9.41. The zero-order valence-electron chi connectivity index (χ0n) is 16.4. The average Bonchev–Trinajstić information content (AvgIpc) is 2.63. The van der Waals surface area contributed by atoms with Crippen molar-refractivity contribution in [3.63, 3.8) is 0 Å². The van der Waals surface area contributed by atoms with E-state index in [0.717, 1.165) is 5.56 Å². The van der Waals surface area contributed by atoms with Gasteiger partial charge in [-0.3, -0.25) is 0 Å². The minimum Gasteiger partial charge on any atom is -0.390 e. The van der Waals surface area contributed by atoms with Crippen LogP contribution in [0.3, 0.4) is 0 Å². The van der Waals surface area contributed by atoms with Crippen LogP contribution in [0.25, 0.3) is 0 Å². The Labute approximate surface area is 170 Å². The Balaban J connectivity index is 1.85. The number of hydrogen-bond donors (Lipinski definition) is 1. The highest BCUT2D eigenvalue weighted by atomic mass is 19.4. The molecule has 1 aliphatic rings. The van der Waals surface area contributed by atoms with Gasteiger partial charge in [-0.25, -0.2) is 0 Å². The van der Waals surface area contributed by atoms with E-state index in [1.807, 2.05) is 30.3 Å². The summed E-state index contributed by atoms with van der Waals surface area (Å²) in [5.74, 6) is 0.